The largest absolute Gasteiger partial charge is 0.506 e. The number of phenols is 1. The van der Waals surface area contributed by atoms with Gasteiger partial charge in [0.25, 0.3) is 5.56 Å². The minimum absolute atomic E-state index is 0.0839. The molecule has 0 radical (unpaired) electrons. The first-order valence-corrected chi connectivity index (χ1v) is 7.01. The van der Waals surface area contributed by atoms with E-state index in [-0.39, 0.29) is 22.9 Å². The molecular formula is C15H14Cl2N2O2. The molecule has 0 unspecified atom stereocenters. The van der Waals surface area contributed by atoms with Crippen LogP contribution in [0.25, 0.3) is 0 Å². The zero-order valence-corrected chi connectivity index (χ0v) is 13.1. The molecule has 0 aliphatic carbocycles. The van der Waals surface area contributed by atoms with Crippen molar-refractivity contribution >= 4 is 29.4 Å². The molecule has 0 spiro atoms. The van der Waals surface area contributed by atoms with Gasteiger partial charge in [0.15, 0.2) is 0 Å². The van der Waals surface area contributed by atoms with E-state index in [0.717, 1.165) is 11.3 Å². The van der Waals surface area contributed by atoms with Crippen molar-refractivity contribution in [3.05, 3.63) is 61.0 Å². The third-order valence-electron chi connectivity index (χ3n) is 3.03. The highest BCUT2D eigenvalue weighted by Gasteiger charge is 2.07. The van der Waals surface area contributed by atoms with Gasteiger partial charge in [0.2, 0.25) is 0 Å². The van der Waals surface area contributed by atoms with Gasteiger partial charge in [0.05, 0.1) is 11.6 Å². The van der Waals surface area contributed by atoms with Crippen LogP contribution in [0.2, 0.25) is 10.0 Å². The number of hydrogen-bond donors (Lipinski definition) is 2. The average Bonchev–Trinajstić information content (AvgIpc) is 2.37. The van der Waals surface area contributed by atoms with E-state index >= 15 is 0 Å². The third-order valence-corrected chi connectivity index (χ3v) is 3.54. The van der Waals surface area contributed by atoms with E-state index in [1.807, 2.05) is 19.9 Å². The van der Waals surface area contributed by atoms with Gasteiger partial charge in [-0.25, -0.2) is 0 Å². The number of benzene rings is 1. The van der Waals surface area contributed by atoms with Gasteiger partial charge in [-0.2, -0.15) is 0 Å². The number of hydrogen-bond acceptors (Lipinski definition) is 3. The van der Waals surface area contributed by atoms with Crippen molar-refractivity contribution < 1.29 is 5.11 Å². The molecular weight excluding hydrogens is 311 g/mol. The maximum absolute atomic E-state index is 11.9. The third kappa shape index (κ3) is 3.65. The molecule has 0 aliphatic heterocycles. The summed E-state index contributed by atoms with van der Waals surface area (Å²) >= 11 is 11.7. The Balaban J connectivity index is 2.27. The maximum atomic E-state index is 11.9. The lowest BCUT2D eigenvalue weighted by atomic mass is 10.1. The Morgan fingerprint density at radius 1 is 1.29 bits per heavy atom. The Morgan fingerprint density at radius 2 is 2.00 bits per heavy atom. The molecule has 1 heterocycles. The van der Waals surface area contributed by atoms with Crippen molar-refractivity contribution in [2.45, 2.75) is 20.4 Å². The number of aromatic amines is 1. The molecule has 0 amide bonds. The van der Waals surface area contributed by atoms with Crippen LogP contribution in [0.4, 0.5) is 0 Å². The van der Waals surface area contributed by atoms with Crippen LogP contribution in [0.5, 0.6) is 5.75 Å². The zero-order chi connectivity index (χ0) is 15.6. The zero-order valence-electron chi connectivity index (χ0n) is 11.6. The highest BCUT2D eigenvalue weighted by atomic mass is 35.5. The number of aromatic hydroxyl groups is 1. The Kier molecular flexibility index (Phi) is 4.70. The summed E-state index contributed by atoms with van der Waals surface area (Å²) < 4.78 is 0. The van der Waals surface area contributed by atoms with Gasteiger partial charge in [-0.3, -0.25) is 9.79 Å². The average molecular weight is 325 g/mol. The highest BCUT2D eigenvalue weighted by Crippen LogP contribution is 2.30. The molecule has 110 valence electrons. The minimum Gasteiger partial charge on any atom is -0.506 e. The van der Waals surface area contributed by atoms with Crippen molar-refractivity contribution in [3.63, 3.8) is 0 Å². The van der Waals surface area contributed by atoms with Gasteiger partial charge in [-0.15, -0.1) is 0 Å². The summed E-state index contributed by atoms with van der Waals surface area (Å²) in [6, 6.07) is 4.89. The van der Waals surface area contributed by atoms with Crippen LogP contribution < -0.4 is 5.56 Å². The summed E-state index contributed by atoms with van der Waals surface area (Å²) in [6.45, 7) is 3.90. The number of pyridine rings is 1. The lowest BCUT2D eigenvalue weighted by molar-refractivity contribution is 0.474. The molecule has 1 aromatic heterocycles. The van der Waals surface area contributed by atoms with Gasteiger partial charge in [-0.1, -0.05) is 23.2 Å². The first-order chi connectivity index (χ1) is 9.88. The van der Waals surface area contributed by atoms with Crippen LogP contribution in [0, 0.1) is 13.8 Å². The molecule has 21 heavy (non-hydrogen) atoms. The molecule has 2 N–H and O–H groups in total. The van der Waals surface area contributed by atoms with E-state index in [0.29, 0.717) is 16.1 Å². The predicted octanol–water partition coefficient (Wildman–Crippen LogP) is 3.62. The van der Waals surface area contributed by atoms with Gasteiger partial charge in [0, 0.05) is 28.1 Å². The van der Waals surface area contributed by atoms with Crippen molar-refractivity contribution in [2.24, 2.45) is 4.99 Å². The Morgan fingerprint density at radius 3 is 2.67 bits per heavy atom. The number of aliphatic imine (C=N–C) groups is 1. The second kappa shape index (κ2) is 6.33. The SMILES string of the molecule is Cc1cc(C)c(CN=Cc2cc(Cl)cc(Cl)c2O)c(=O)[nH]1. The quantitative estimate of drug-likeness (QED) is 0.847. The minimum atomic E-state index is -0.155. The fourth-order valence-corrected chi connectivity index (χ4v) is 2.51. The molecule has 0 saturated heterocycles. The van der Waals surface area contributed by atoms with Gasteiger partial charge >= 0.3 is 0 Å². The first kappa shape index (κ1) is 15.6. The lowest BCUT2D eigenvalue weighted by Crippen LogP contribution is -2.15. The summed E-state index contributed by atoms with van der Waals surface area (Å²) in [4.78, 5) is 18.8. The number of H-pyrrole nitrogens is 1. The topological polar surface area (TPSA) is 65.5 Å². The number of nitrogens with zero attached hydrogens (tertiary/aromatic N) is 1. The molecule has 6 heteroatoms. The molecule has 0 saturated carbocycles. The van der Waals surface area contributed by atoms with Gasteiger partial charge in [-0.05, 0) is 37.6 Å². The Bertz CT molecular complexity index is 767. The van der Waals surface area contributed by atoms with Crippen LogP contribution in [0.15, 0.2) is 28.0 Å². The van der Waals surface area contributed by atoms with E-state index in [4.69, 9.17) is 23.2 Å². The lowest BCUT2D eigenvalue weighted by Gasteiger charge is -2.04. The normalized spacial score (nSPS) is 11.2. The molecule has 4 nitrogen and oxygen atoms in total. The van der Waals surface area contributed by atoms with E-state index in [1.54, 1.807) is 6.07 Å². The van der Waals surface area contributed by atoms with Crippen molar-refractivity contribution in [2.75, 3.05) is 0 Å². The molecule has 0 bridgehead atoms. The Hall–Kier alpha value is -1.78. The Labute approximate surface area is 132 Å². The van der Waals surface area contributed by atoms with Crippen LogP contribution >= 0.6 is 23.2 Å². The van der Waals surface area contributed by atoms with Crippen LogP contribution in [-0.2, 0) is 6.54 Å². The predicted molar refractivity (Wildman–Crippen MR) is 86.0 cm³/mol. The molecule has 2 aromatic rings. The summed E-state index contributed by atoms with van der Waals surface area (Å²) in [5.41, 5.74) is 2.53. The molecule has 0 atom stereocenters. The fraction of sp³-hybridized carbons (Fsp3) is 0.200. The molecule has 2 rings (SSSR count). The van der Waals surface area contributed by atoms with E-state index in [9.17, 15) is 9.90 Å². The van der Waals surface area contributed by atoms with Crippen molar-refractivity contribution in [1.82, 2.24) is 4.98 Å². The summed E-state index contributed by atoms with van der Waals surface area (Å²) in [5, 5.41) is 10.4. The molecule has 1 aromatic carbocycles. The van der Waals surface area contributed by atoms with Crippen LogP contribution in [0.3, 0.4) is 0 Å². The summed E-state index contributed by atoms with van der Waals surface area (Å²) in [6.07, 6.45) is 1.45. The monoisotopic (exact) mass is 324 g/mol. The van der Waals surface area contributed by atoms with E-state index < -0.39 is 0 Å². The van der Waals surface area contributed by atoms with E-state index in [1.165, 1.54) is 12.3 Å². The standard InChI is InChI=1S/C15H14Cl2N2O2/c1-8-3-9(2)19-15(21)12(8)7-18-6-10-4-11(16)5-13(17)14(10)20/h3-6,20H,7H2,1-2H3,(H,19,21). The number of rotatable bonds is 3. The highest BCUT2D eigenvalue weighted by molar-refractivity contribution is 6.36. The number of aromatic nitrogens is 1. The number of nitrogens with one attached hydrogen (secondary N) is 1. The second-order valence-electron chi connectivity index (χ2n) is 4.74. The van der Waals surface area contributed by atoms with Crippen LogP contribution in [0.1, 0.15) is 22.4 Å². The van der Waals surface area contributed by atoms with Crippen LogP contribution in [-0.4, -0.2) is 16.3 Å². The molecule has 0 aliphatic rings. The van der Waals surface area contributed by atoms with Crippen molar-refractivity contribution in [3.8, 4) is 5.75 Å². The number of halogens is 2. The van der Waals surface area contributed by atoms with Gasteiger partial charge < -0.3 is 10.1 Å². The number of aryl methyl sites for hydroxylation is 2. The smallest absolute Gasteiger partial charge is 0.253 e. The summed E-state index contributed by atoms with van der Waals surface area (Å²) in [5.74, 6) is -0.0839. The van der Waals surface area contributed by atoms with E-state index in [2.05, 4.69) is 9.98 Å². The maximum Gasteiger partial charge on any atom is 0.253 e. The number of phenolic OH excluding ortho intramolecular Hbond substituents is 1. The molecule has 0 fully saturated rings. The first-order valence-electron chi connectivity index (χ1n) is 6.25. The summed E-state index contributed by atoms with van der Waals surface area (Å²) in [7, 11) is 0. The van der Waals surface area contributed by atoms with Gasteiger partial charge in [0.1, 0.15) is 5.75 Å². The fourth-order valence-electron chi connectivity index (χ4n) is 2.00. The van der Waals surface area contributed by atoms with Crippen molar-refractivity contribution in [1.29, 1.82) is 0 Å². The second-order valence-corrected chi connectivity index (χ2v) is 5.58.